The van der Waals surface area contributed by atoms with Gasteiger partial charge >= 0.3 is 0 Å². The molecule has 2 aliphatic rings. The van der Waals surface area contributed by atoms with E-state index < -0.39 is 0 Å². The van der Waals surface area contributed by atoms with E-state index in [9.17, 15) is 14.4 Å². The van der Waals surface area contributed by atoms with Gasteiger partial charge in [-0.3, -0.25) is 14.4 Å². The van der Waals surface area contributed by atoms with Gasteiger partial charge in [0.15, 0.2) is 0 Å². The van der Waals surface area contributed by atoms with Crippen LogP contribution >= 0.6 is 0 Å². The number of nitrogens with one attached hydrogen (secondary N) is 1. The molecule has 0 saturated carbocycles. The number of rotatable bonds is 6. The predicted molar refractivity (Wildman–Crippen MR) is 126 cm³/mol. The Balaban J connectivity index is 1.21. The van der Waals surface area contributed by atoms with E-state index in [1.54, 1.807) is 35.4 Å². The van der Waals surface area contributed by atoms with Crippen molar-refractivity contribution in [2.75, 3.05) is 31.1 Å². The second-order valence-corrected chi connectivity index (χ2v) is 9.04. The van der Waals surface area contributed by atoms with Crippen LogP contribution in [0.15, 0.2) is 47.1 Å². The van der Waals surface area contributed by atoms with Gasteiger partial charge in [0.1, 0.15) is 5.76 Å². The monoisotopic (exact) mass is 449 g/mol. The van der Waals surface area contributed by atoms with Crippen LogP contribution in [0, 0.1) is 25.7 Å². The molecule has 2 fully saturated rings. The highest BCUT2D eigenvalue weighted by Crippen LogP contribution is 2.27. The van der Waals surface area contributed by atoms with Crippen LogP contribution in [0.3, 0.4) is 0 Å². The Hall–Kier alpha value is -3.35. The Bertz CT molecular complexity index is 1040. The number of hydrogen-bond donors (Lipinski definition) is 1. The van der Waals surface area contributed by atoms with E-state index in [-0.39, 0.29) is 30.1 Å². The molecule has 0 aliphatic carbocycles. The molecule has 2 aliphatic heterocycles. The van der Waals surface area contributed by atoms with Crippen LogP contribution in [0.4, 0.5) is 5.69 Å². The van der Waals surface area contributed by atoms with Gasteiger partial charge < -0.3 is 19.5 Å². The Morgan fingerprint density at radius 3 is 2.64 bits per heavy atom. The van der Waals surface area contributed by atoms with Gasteiger partial charge in [0.25, 0.3) is 0 Å². The summed E-state index contributed by atoms with van der Waals surface area (Å²) in [6, 6.07) is 9.55. The first-order valence-electron chi connectivity index (χ1n) is 11.6. The van der Waals surface area contributed by atoms with E-state index in [1.807, 2.05) is 36.9 Å². The first kappa shape index (κ1) is 22.8. The number of carbonyl (C=O) groups excluding carboxylic acids is 3. The lowest BCUT2D eigenvalue weighted by Gasteiger charge is -2.31. The smallest absolute Gasteiger partial charge is 0.246 e. The third kappa shape index (κ3) is 5.53. The highest BCUT2D eigenvalue weighted by molar-refractivity contribution is 6.00. The topological polar surface area (TPSA) is 82.9 Å². The minimum Gasteiger partial charge on any atom is -0.465 e. The third-order valence-corrected chi connectivity index (χ3v) is 6.72. The maximum Gasteiger partial charge on any atom is 0.246 e. The number of piperidine rings is 1. The van der Waals surface area contributed by atoms with Gasteiger partial charge in [0, 0.05) is 44.4 Å². The average Bonchev–Trinajstić information content (AvgIpc) is 3.48. The van der Waals surface area contributed by atoms with Crippen molar-refractivity contribution in [3.63, 3.8) is 0 Å². The van der Waals surface area contributed by atoms with Crippen LogP contribution in [0.2, 0.25) is 0 Å². The van der Waals surface area contributed by atoms with E-state index >= 15 is 0 Å². The number of benzene rings is 1. The molecule has 3 heterocycles. The molecule has 1 unspecified atom stereocenters. The summed E-state index contributed by atoms with van der Waals surface area (Å²) in [5, 5.41) is 3.05. The zero-order valence-electron chi connectivity index (χ0n) is 19.3. The number of anilines is 1. The van der Waals surface area contributed by atoms with E-state index in [1.165, 1.54) is 5.56 Å². The summed E-state index contributed by atoms with van der Waals surface area (Å²) in [5.41, 5.74) is 3.17. The lowest BCUT2D eigenvalue weighted by molar-refractivity contribution is -0.128. The van der Waals surface area contributed by atoms with Crippen LogP contribution in [0.1, 0.15) is 36.1 Å². The zero-order chi connectivity index (χ0) is 23.4. The van der Waals surface area contributed by atoms with Crippen molar-refractivity contribution in [2.45, 2.75) is 33.1 Å². The molecule has 1 atom stereocenters. The van der Waals surface area contributed by atoms with E-state index in [0.29, 0.717) is 37.9 Å². The summed E-state index contributed by atoms with van der Waals surface area (Å²) >= 11 is 0. The second kappa shape index (κ2) is 10.1. The molecule has 0 bridgehead atoms. The fourth-order valence-electron chi connectivity index (χ4n) is 4.42. The molecule has 2 aromatic rings. The fourth-order valence-corrected chi connectivity index (χ4v) is 4.42. The number of amides is 3. The summed E-state index contributed by atoms with van der Waals surface area (Å²) < 4.78 is 5.21. The third-order valence-electron chi connectivity index (χ3n) is 6.72. The van der Waals surface area contributed by atoms with Crippen LogP contribution in [0.5, 0.6) is 0 Å². The maximum absolute atomic E-state index is 12.7. The van der Waals surface area contributed by atoms with Crippen LogP contribution in [0.25, 0.3) is 6.08 Å². The number of aryl methyl sites for hydroxylation is 2. The normalized spacial score (nSPS) is 19.5. The fraction of sp³-hybridized carbons (Fsp3) is 0.423. The molecule has 174 valence electrons. The maximum atomic E-state index is 12.7. The summed E-state index contributed by atoms with van der Waals surface area (Å²) in [4.78, 5) is 41.1. The van der Waals surface area contributed by atoms with Crippen molar-refractivity contribution >= 4 is 29.5 Å². The summed E-state index contributed by atoms with van der Waals surface area (Å²) in [6.07, 6.45) is 6.73. The predicted octanol–water partition coefficient (Wildman–Crippen LogP) is 3.32. The van der Waals surface area contributed by atoms with E-state index in [4.69, 9.17) is 4.42 Å². The van der Waals surface area contributed by atoms with Crippen LogP contribution in [-0.4, -0.2) is 48.8 Å². The van der Waals surface area contributed by atoms with Crippen molar-refractivity contribution in [3.05, 3.63) is 59.6 Å². The number of carbonyl (C=O) groups is 3. The SMILES string of the molecule is Cc1ccc(N2CC(C(=O)NCC3CCN(C(=O)C=Cc4ccco4)CC3)CC2=O)cc1C. The Labute approximate surface area is 194 Å². The van der Waals surface area contributed by atoms with Gasteiger partial charge in [0.05, 0.1) is 12.2 Å². The first-order valence-corrected chi connectivity index (χ1v) is 11.6. The lowest BCUT2D eigenvalue weighted by Crippen LogP contribution is -2.42. The van der Waals surface area contributed by atoms with Gasteiger partial charge in [-0.25, -0.2) is 0 Å². The molecular formula is C26H31N3O4. The highest BCUT2D eigenvalue weighted by Gasteiger charge is 2.35. The molecule has 33 heavy (non-hydrogen) atoms. The molecular weight excluding hydrogens is 418 g/mol. The van der Waals surface area contributed by atoms with Gasteiger partial charge in [-0.1, -0.05) is 6.07 Å². The molecule has 4 rings (SSSR count). The second-order valence-electron chi connectivity index (χ2n) is 9.04. The van der Waals surface area contributed by atoms with Crippen LogP contribution < -0.4 is 10.2 Å². The van der Waals surface area contributed by atoms with Crippen LogP contribution in [-0.2, 0) is 14.4 Å². The summed E-state index contributed by atoms with van der Waals surface area (Å²) in [6.45, 7) is 6.41. The van der Waals surface area contributed by atoms with Gasteiger partial charge in [-0.05, 0) is 74.1 Å². The van der Waals surface area contributed by atoms with Crippen molar-refractivity contribution in [1.29, 1.82) is 0 Å². The van der Waals surface area contributed by atoms with Gasteiger partial charge in [0.2, 0.25) is 17.7 Å². The number of hydrogen-bond acceptors (Lipinski definition) is 4. The highest BCUT2D eigenvalue weighted by atomic mass is 16.3. The minimum atomic E-state index is -0.326. The molecule has 7 heteroatoms. The van der Waals surface area contributed by atoms with Gasteiger partial charge in [-0.15, -0.1) is 0 Å². The van der Waals surface area contributed by atoms with Crippen molar-refractivity contribution in [2.24, 2.45) is 11.8 Å². The molecule has 1 aromatic heterocycles. The minimum absolute atomic E-state index is 0.00664. The number of likely N-dealkylation sites (tertiary alicyclic amines) is 1. The molecule has 7 nitrogen and oxygen atoms in total. The molecule has 2 saturated heterocycles. The molecule has 0 spiro atoms. The summed E-state index contributed by atoms with van der Waals surface area (Å²) in [5.74, 6) is 0.571. The van der Waals surface area contributed by atoms with Gasteiger partial charge in [-0.2, -0.15) is 0 Å². The molecule has 0 radical (unpaired) electrons. The molecule has 3 amide bonds. The Morgan fingerprint density at radius 2 is 1.94 bits per heavy atom. The van der Waals surface area contributed by atoms with E-state index in [0.717, 1.165) is 24.1 Å². The molecule has 1 N–H and O–H groups in total. The van der Waals surface area contributed by atoms with Crippen molar-refractivity contribution in [3.8, 4) is 0 Å². The Morgan fingerprint density at radius 1 is 1.15 bits per heavy atom. The standard InChI is InChI=1S/C26H31N3O4/c1-18-5-6-22(14-19(18)2)29-17-21(15-25(29)31)26(32)27-16-20-9-11-28(12-10-20)24(30)8-7-23-4-3-13-33-23/h3-8,13-14,20-21H,9-12,15-17H2,1-2H3,(H,27,32). The largest absolute Gasteiger partial charge is 0.465 e. The van der Waals surface area contributed by atoms with Crippen molar-refractivity contribution in [1.82, 2.24) is 10.2 Å². The van der Waals surface area contributed by atoms with Crippen molar-refractivity contribution < 1.29 is 18.8 Å². The molecule has 1 aromatic carbocycles. The quantitative estimate of drug-likeness (QED) is 0.686. The lowest BCUT2D eigenvalue weighted by atomic mass is 9.96. The number of nitrogens with zero attached hydrogens (tertiary/aromatic N) is 2. The zero-order valence-corrected chi connectivity index (χ0v) is 19.3. The van der Waals surface area contributed by atoms with E-state index in [2.05, 4.69) is 5.32 Å². The number of furan rings is 1. The first-order chi connectivity index (χ1) is 15.9. The average molecular weight is 450 g/mol. The Kier molecular flexibility index (Phi) is 6.96. The summed E-state index contributed by atoms with van der Waals surface area (Å²) in [7, 11) is 0.